The fourth-order valence-corrected chi connectivity index (χ4v) is 4.33. The summed E-state index contributed by atoms with van der Waals surface area (Å²) in [6.45, 7) is 1.97. The molecule has 138 valence electrons. The van der Waals surface area contributed by atoms with Crippen molar-refractivity contribution in [1.29, 1.82) is 0 Å². The average molecular weight is 382 g/mol. The number of nitro groups is 1. The molecule has 3 rings (SSSR count). The molecule has 0 radical (unpaired) electrons. The van der Waals surface area contributed by atoms with E-state index in [4.69, 9.17) is 0 Å². The molecule has 0 bridgehead atoms. The van der Waals surface area contributed by atoms with E-state index < -0.39 is 20.6 Å². The lowest BCUT2D eigenvalue weighted by Gasteiger charge is -2.24. The van der Waals surface area contributed by atoms with Crippen LogP contribution < -0.4 is 4.31 Å². The number of nitrogens with zero attached hydrogens (tertiary/aromatic N) is 2. The van der Waals surface area contributed by atoms with E-state index in [1.807, 2.05) is 49.4 Å². The van der Waals surface area contributed by atoms with E-state index in [1.165, 1.54) is 28.6 Å². The Bertz CT molecular complexity index is 1050. The fraction of sp³-hybridized carbons (Fsp3) is 0.100. The quantitative estimate of drug-likeness (QED) is 0.470. The van der Waals surface area contributed by atoms with Gasteiger partial charge in [-0.1, -0.05) is 60.2 Å². The first-order valence-electron chi connectivity index (χ1n) is 8.26. The van der Waals surface area contributed by atoms with Crippen LogP contribution in [0.25, 0.3) is 0 Å². The number of para-hydroxylation sites is 1. The molecule has 0 spiro atoms. The summed E-state index contributed by atoms with van der Waals surface area (Å²) in [6, 6.07) is 21.5. The zero-order valence-electron chi connectivity index (χ0n) is 14.6. The molecule has 0 N–H and O–H groups in total. The second kappa shape index (κ2) is 7.59. The third-order valence-electron chi connectivity index (χ3n) is 4.12. The molecule has 0 aliphatic rings. The van der Waals surface area contributed by atoms with Crippen LogP contribution in [0.3, 0.4) is 0 Å². The minimum Gasteiger partial charge on any atom is -0.262 e. The zero-order chi connectivity index (χ0) is 19.4. The predicted molar refractivity (Wildman–Crippen MR) is 104 cm³/mol. The summed E-state index contributed by atoms with van der Waals surface area (Å²) < 4.78 is 27.9. The van der Waals surface area contributed by atoms with Crippen molar-refractivity contribution in [2.45, 2.75) is 18.4 Å². The number of sulfonamides is 1. The van der Waals surface area contributed by atoms with Crippen molar-refractivity contribution < 1.29 is 13.3 Å². The largest absolute Gasteiger partial charge is 0.289 e. The van der Waals surface area contributed by atoms with Crippen molar-refractivity contribution in [2.24, 2.45) is 0 Å². The molecule has 0 aliphatic heterocycles. The van der Waals surface area contributed by atoms with Crippen molar-refractivity contribution in [2.75, 3.05) is 4.31 Å². The second-order valence-electron chi connectivity index (χ2n) is 6.06. The van der Waals surface area contributed by atoms with Crippen LogP contribution in [-0.4, -0.2) is 13.3 Å². The molecule has 0 unspecified atom stereocenters. The maximum atomic E-state index is 13.4. The van der Waals surface area contributed by atoms with Crippen LogP contribution >= 0.6 is 0 Å². The lowest BCUT2D eigenvalue weighted by molar-refractivity contribution is -0.387. The maximum Gasteiger partial charge on any atom is 0.289 e. The molecule has 0 fully saturated rings. The third-order valence-corrected chi connectivity index (χ3v) is 5.94. The van der Waals surface area contributed by atoms with Gasteiger partial charge < -0.3 is 0 Å². The van der Waals surface area contributed by atoms with E-state index in [0.717, 1.165) is 11.1 Å². The van der Waals surface area contributed by atoms with Gasteiger partial charge in [0.15, 0.2) is 4.90 Å². The molecule has 7 heteroatoms. The summed E-state index contributed by atoms with van der Waals surface area (Å²) >= 11 is 0. The van der Waals surface area contributed by atoms with Crippen molar-refractivity contribution in [1.82, 2.24) is 0 Å². The van der Waals surface area contributed by atoms with E-state index in [0.29, 0.717) is 5.69 Å². The Morgan fingerprint density at radius 3 is 2.11 bits per heavy atom. The number of hydrogen-bond acceptors (Lipinski definition) is 4. The highest BCUT2D eigenvalue weighted by atomic mass is 32.2. The minimum absolute atomic E-state index is 0.0677. The molecule has 6 nitrogen and oxygen atoms in total. The Kier molecular flexibility index (Phi) is 5.23. The van der Waals surface area contributed by atoms with Gasteiger partial charge >= 0.3 is 0 Å². The highest BCUT2D eigenvalue weighted by Gasteiger charge is 2.31. The van der Waals surface area contributed by atoms with E-state index in [-0.39, 0.29) is 11.4 Å². The number of rotatable bonds is 6. The van der Waals surface area contributed by atoms with Gasteiger partial charge in [0.25, 0.3) is 15.7 Å². The molecule has 0 heterocycles. The van der Waals surface area contributed by atoms with Gasteiger partial charge in [-0.15, -0.1) is 0 Å². The Labute approximate surface area is 157 Å². The minimum atomic E-state index is -4.15. The predicted octanol–water partition coefficient (Wildman–Crippen LogP) is 4.30. The first kappa shape index (κ1) is 18.6. The fourth-order valence-electron chi connectivity index (χ4n) is 2.72. The van der Waals surface area contributed by atoms with Crippen LogP contribution in [0.1, 0.15) is 11.1 Å². The summed E-state index contributed by atoms with van der Waals surface area (Å²) in [5, 5.41) is 11.4. The van der Waals surface area contributed by atoms with Gasteiger partial charge in [0.05, 0.1) is 17.2 Å². The number of aryl methyl sites for hydroxylation is 1. The lowest BCUT2D eigenvalue weighted by Crippen LogP contribution is -2.31. The van der Waals surface area contributed by atoms with Gasteiger partial charge in [-0.25, -0.2) is 8.42 Å². The molecule has 0 atom stereocenters. The van der Waals surface area contributed by atoms with Crippen LogP contribution in [-0.2, 0) is 16.6 Å². The van der Waals surface area contributed by atoms with Gasteiger partial charge in [-0.05, 0) is 30.7 Å². The summed E-state index contributed by atoms with van der Waals surface area (Å²) in [4.78, 5) is 10.3. The molecule has 3 aromatic carbocycles. The smallest absolute Gasteiger partial charge is 0.262 e. The van der Waals surface area contributed by atoms with Crippen LogP contribution in [0.5, 0.6) is 0 Å². The van der Waals surface area contributed by atoms with E-state index in [2.05, 4.69) is 0 Å². The number of hydrogen-bond donors (Lipinski definition) is 0. The standard InChI is InChI=1S/C20H18N2O4S/c1-16-11-13-18(14-12-16)21(15-17-7-3-2-4-8-17)27(25,26)20-10-6-5-9-19(20)22(23)24/h2-14H,15H2,1H3. The lowest BCUT2D eigenvalue weighted by atomic mass is 10.2. The normalized spacial score (nSPS) is 11.1. The Morgan fingerprint density at radius 2 is 1.48 bits per heavy atom. The molecular formula is C20H18N2O4S. The zero-order valence-corrected chi connectivity index (χ0v) is 15.5. The molecule has 0 saturated heterocycles. The molecule has 3 aromatic rings. The number of anilines is 1. The first-order valence-corrected chi connectivity index (χ1v) is 9.70. The third kappa shape index (κ3) is 3.98. The van der Waals surface area contributed by atoms with Gasteiger partial charge in [0.2, 0.25) is 0 Å². The van der Waals surface area contributed by atoms with Crippen LogP contribution in [0.2, 0.25) is 0 Å². The summed E-state index contributed by atoms with van der Waals surface area (Å²) in [5.41, 5.74) is 1.77. The highest BCUT2D eigenvalue weighted by Crippen LogP contribution is 2.31. The van der Waals surface area contributed by atoms with Crippen molar-refractivity contribution >= 4 is 21.4 Å². The number of benzene rings is 3. The monoisotopic (exact) mass is 382 g/mol. The van der Waals surface area contributed by atoms with Gasteiger partial charge in [-0.3, -0.25) is 14.4 Å². The van der Waals surface area contributed by atoms with Gasteiger partial charge in [-0.2, -0.15) is 0 Å². The summed E-state index contributed by atoms with van der Waals surface area (Å²) in [6.07, 6.45) is 0. The molecular weight excluding hydrogens is 364 g/mol. The highest BCUT2D eigenvalue weighted by molar-refractivity contribution is 7.93. The summed E-state index contributed by atoms with van der Waals surface area (Å²) in [5.74, 6) is 0. The van der Waals surface area contributed by atoms with Crippen molar-refractivity contribution in [3.05, 3.63) is 100 Å². The van der Waals surface area contributed by atoms with Gasteiger partial charge in [0, 0.05) is 6.07 Å². The second-order valence-corrected chi connectivity index (χ2v) is 7.89. The molecule has 0 aliphatic carbocycles. The average Bonchev–Trinajstić information content (AvgIpc) is 2.67. The van der Waals surface area contributed by atoms with Crippen molar-refractivity contribution in [3.63, 3.8) is 0 Å². The summed E-state index contributed by atoms with van der Waals surface area (Å²) in [7, 11) is -4.15. The van der Waals surface area contributed by atoms with E-state index >= 15 is 0 Å². The maximum absolute atomic E-state index is 13.4. The first-order chi connectivity index (χ1) is 12.9. The molecule has 27 heavy (non-hydrogen) atoms. The molecule has 0 aromatic heterocycles. The van der Waals surface area contributed by atoms with Crippen LogP contribution in [0, 0.1) is 17.0 Å². The topological polar surface area (TPSA) is 80.5 Å². The van der Waals surface area contributed by atoms with Gasteiger partial charge in [0.1, 0.15) is 0 Å². The SMILES string of the molecule is Cc1ccc(N(Cc2ccccc2)S(=O)(=O)c2ccccc2[N+](=O)[O-])cc1. The van der Waals surface area contributed by atoms with Crippen molar-refractivity contribution in [3.8, 4) is 0 Å². The van der Waals surface area contributed by atoms with Crippen LogP contribution in [0.4, 0.5) is 11.4 Å². The van der Waals surface area contributed by atoms with Crippen LogP contribution in [0.15, 0.2) is 83.8 Å². The molecule has 0 saturated carbocycles. The number of nitro benzene ring substituents is 1. The molecule has 0 amide bonds. The van der Waals surface area contributed by atoms with E-state index in [1.54, 1.807) is 12.1 Å². The van der Waals surface area contributed by atoms with E-state index in [9.17, 15) is 18.5 Å². The Hall–Kier alpha value is -3.19. The Balaban J connectivity index is 2.14. The Morgan fingerprint density at radius 1 is 0.889 bits per heavy atom.